The highest BCUT2D eigenvalue weighted by molar-refractivity contribution is 5.43. The quantitative estimate of drug-likeness (QED) is 0.833. The van der Waals surface area contributed by atoms with E-state index in [1.54, 1.807) is 7.11 Å². The van der Waals surface area contributed by atoms with Crippen molar-refractivity contribution in [3.8, 4) is 11.5 Å². The lowest BCUT2D eigenvalue weighted by atomic mass is 10.1. The van der Waals surface area contributed by atoms with Crippen LogP contribution >= 0.6 is 0 Å². The van der Waals surface area contributed by atoms with Crippen LogP contribution in [0.3, 0.4) is 0 Å². The van der Waals surface area contributed by atoms with Crippen LogP contribution in [-0.2, 0) is 11.3 Å². The van der Waals surface area contributed by atoms with Gasteiger partial charge >= 0.3 is 0 Å². The maximum atomic E-state index is 5.92. The zero-order valence-electron chi connectivity index (χ0n) is 12.6. The molecule has 0 radical (unpaired) electrons. The number of ether oxygens (including phenoxy) is 3. The van der Waals surface area contributed by atoms with Crippen molar-refractivity contribution in [1.29, 1.82) is 0 Å². The lowest BCUT2D eigenvalue weighted by Gasteiger charge is -2.16. The Morgan fingerprint density at radius 1 is 1.35 bits per heavy atom. The molecule has 1 aliphatic rings. The number of hydrogen-bond acceptors (Lipinski definition) is 4. The Morgan fingerprint density at radius 2 is 2.20 bits per heavy atom. The average Bonchev–Trinajstić information content (AvgIpc) is 2.93. The van der Waals surface area contributed by atoms with Gasteiger partial charge in [-0.05, 0) is 30.2 Å². The normalized spacial score (nSPS) is 18.5. The first-order valence-corrected chi connectivity index (χ1v) is 7.31. The molecule has 0 aliphatic carbocycles. The van der Waals surface area contributed by atoms with Crippen LogP contribution in [0.5, 0.6) is 11.5 Å². The number of benzene rings is 1. The number of hydrogen-bond donors (Lipinski definition) is 1. The van der Waals surface area contributed by atoms with E-state index in [2.05, 4.69) is 25.2 Å². The fourth-order valence-corrected chi connectivity index (χ4v) is 2.21. The van der Waals surface area contributed by atoms with Crippen molar-refractivity contribution in [3.63, 3.8) is 0 Å². The minimum Gasteiger partial charge on any atom is -0.493 e. The molecule has 1 atom stereocenters. The van der Waals surface area contributed by atoms with E-state index in [1.807, 2.05) is 12.1 Å². The van der Waals surface area contributed by atoms with Gasteiger partial charge in [0.05, 0.1) is 20.3 Å². The molecule has 2 rings (SSSR count). The highest BCUT2D eigenvalue weighted by Gasteiger charge is 2.19. The minimum absolute atomic E-state index is 0.147. The maximum Gasteiger partial charge on any atom is 0.161 e. The summed E-state index contributed by atoms with van der Waals surface area (Å²) in [6.07, 6.45) is 1.09. The second kappa shape index (κ2) is 7.50. The zero-order valence-corrected chi connectivity index (χ0v) is 12.6. The van der Waals surface area contributed by atoms with Crippen LogP contribution in [0.1, 0.15) is 25.8 Å². The van der Waals surface area contributed by atoms with Crippen LogP contribution in [0.25, 0.3) is 0 Å². The summed E-state index contributed by atoms with van der Waals surface area (Å²) >= 11 is 0. The van der Waals surface area contributed by atoms with Crippen LogP contribution < -0.4 is 14.8 Å². The third-order valence-electron chi connectivity index (χ3n) is 3.29. The zero-order chi connectivity index (χ0) is 14.4. The Kier molecular flexibility index (Phi) is 5.68. The van der Waals surface area contributed by atoms with Crippen molar-refractivity contribution in [1.82, 2.24) is 5.32 Å². The Morgan fingerprint density at radius 3 is 2.85 bits per heavy atom. The minimum atomic E-state index is 0.147. The Balaban J connectivity index is 1.95. The molecule has 0 saturated carbocycles. The van der Waals surface area contributed by atoms with Gasteiger partial charge in [0.15, 0.2) is 11.5 Å². The van der Waals surface area contributed by atoms with Gasteiger partial charge in [-0.15, -0.1) is 0 Å². The van der Waals surface area contributed by atoms with E-state index in [9.17, 15) is 0 Å². The molecule has 20 heavy (non-hydrogen) atoms. The average molecular weight is 279 g/mol. The second-order valence-corrected chi connectivity index (χ2v) is 5.61. The van der Waals surface area contributed by atoms with E-state index in [-0.39, 0.29) is 6.10 Å². The summed E-state index contributed by atoms with van der Waals surface area (Å²) in [7, 11) is 1.68. The molecule has 4 nitrogen and oxygen atoms in total. The van der Waals surface area contributed by atoms with Gasteiger partial charge in [-0.3, -0.25) is 0 Å². The van der Waals surface area contributed by atoms with Crippen molar-refractivity contribution < 1.29 is 14.2 Å². The lowest BCUT2D eigenvalue weighted by Crippen LogP contribution is -2.19. The summed E-state index contributed by atoms with van der Waals surface area (Å²) in [5.74, 6) is 2.25. The fraction of sp³-hybridized carbons (Fsp3) is 0.625. The van der Waals surface area contributed by atoms with Gasteiger partial charge in [-0.2, -0.15) is 0 Å². The molecule has 1 aromatic carbocycles. The number of rotatable bonds is 7. The Bertz CT molecular complexity index is 414. The predicted molar refractivity (Wildman–Crippen MR) is 79.4 cm³/mol. The van der Waals surface area contributed by atoms with E-state index in [0.717, 1.165) is 37.6 Å². The molecular weight excluding hydrogens is 254 g/mol. The number of nitrogens with one attached hydrogen (secondary N) is 1. The monoisotopic (exact) mass is 279 g/mol. The van der Waals surface area contributed by atoms with Crippen LogP contribution in [0.4, 0.5) is 0 Å². The third-order valence-corrected chi connectivity index (χ3v) is 3.29. The highest BCUT2D eigenvalue weighted by Crippen LogP contribution is 2.30. The molecule has 1 saturated heterocycles. The van der Waals surface area contributed by atoms with Crippen LogP contribution in [0, 0.1) is 5.92 Å². The molecule has 1 heterocycles. The molecule has 1 aliphatic heterocycles. The maximum absolute atomic E-state index is 5.92. The standard InChI is InChI=1S/C16H25NO3/c1-12(2)9-17-10-13-4-5-15(16(8-13)18-3)20-14-6-7-19-11-14/h4-5,8,12,14,17H,6-7,9-11H2,1-3H3. The van der Waals surface area contributed by atoms with Crippen molar-refractivity contribution in [2.75, 3.05) is 26.9 Å². The van der Waals surface area contributed by atoms with Gasteiger partial charge < -0.3 is 19.5 Å². The molecule has 1 N–H and O–H groups in total. The van der Waals surface area contributed by atoms with Gasteiger partial charge in [0.2, 0.25) is 0 Å². The summed E-state index contributed by atoms with van der Waals surface area (Å²) in [6.45, 7) is 7.72. The summed E-state index contributed by atoms with van der Waals surface area (Å²) in [5, 5.41) is 3.43. The van der Waals surface area contributed by atoms with Crippen molar-refractivity contribution in [2.24, 2.45) is 5.92 Å². The smallest absolute Gasteiger partial charge is 0.161 e. The van der Waals surface area contributed by atoms with Gasteiger partial charge in [-0.25, -0.2) is 0 Å². The molecule has 0 amide bonds. The molecule has 112 valence electrons. The summed E-state index contributed by atoms with van der Waals surface area (Å²) in [5.41, 5.74) is 1.21. The first kappa shape index (κ1) is 15.1. The lowest BCUT2D eigenvalue weighted by molar-refractivity contribution is 0.138. The van der Waals surface area contributed by atoms with Crippen molar-refractivity contribution in [2.45, 2.75) is 32.9 Å². The second-order valence-electron chi connectivity index (χ2n) is 5.61. The van der Waals surface area contributed by atoms with Gasteiger partial charge in [0.1, 0.15) is 6.10 Å². The molecule has 4 heteroatoms. The van der Waals surface area contributed by atoms with Crippen LogP contribution in [0.2, 0.25) is 0 Å². The summed E-state index contributed by atoms with van der Waals surface area (Å²) in [4.78, 5) is 0. The van der Waals surface area contributed by atoms with E-state index in [1.165, 1.54) is 5.56 Å². The first-order valence-electron chi connectivity index (χ1n) is 7.31. The van der Waals surface area contributed by atoms with Crippen LogP contribution in [0.15, 0.2) is 18.2 Å². The summed E-state index contributed by atoms with van der Waals surface area (Å²) < 4.78 is 16.7. The van der Waals surface area contributed by atoms with E-state index >= 15 is 0 Å². The molecule has 0 bridgehead atoms. The molecule has 1 unspecified atom stereocenters. The number of methoxy groups -OCH3 is 1. The summed E-state index contributed by atoms with van der Waals surface area (Å²) in [6, 6.07) is 6.11. The molecule has 0 aromatic heterocycles. The fourth-order valence-electron chi connectivity index (χ4n) is 2.21. The molecule has 0 spiro atoms. The molecule has 1 fully saturated rings. The van der Waals surface area contributed by atoms with Gasteiger partial charge in [0, 0.05) is 13.0 Å². The van der Waals surface area contributed by atoms with Crippen molar-refractivity contribution in [3.05, 3.63) is 23.8 Å². The van der Waals surface area contributed by atoms with Crippen molar-refractivity contribution >= 4 is 0 Å². The third kappa shape index (κ3) is 4.39. The predicted octanol–water partition coefficient (Wildman–Crippen LogP) is 2.61. The van der Waals surface area contributed by atoms with Gasteiger partial charge in [0.25, 0.3) is 0 Å². The van der Waals surface area contributed by atoms with Crippen LogP contribution in [-0.4, -0.2) is 33.0 Å². The largest absolute Gasteiger partial charge is 0.493 e. The topological polar surface area (TPSA) is 39.7 Å². The first-order chi connectivity index (χ1) is 9.69. The highest BCUT2D eigenvalue weighted by atomic mass is 16.6. The van der Waals surface area contributed by atoms with E-state index in [0.29, 0.717) is 12.5 Å². The van der Waals surface area contributed by atoms with Gasteiger partial charge in [-0.1, -0.05) is 19.9 Å². The Labute approximate surface area is 121 Å². The molecular formula is C16H25NO3. The molecule has 1 aromatic rings. The Hall–Kier alpha value is -1.26. The SMILES string of the molecule is COc1cc(CNCC(C)C)ccc1OC1CCOC1. The van der Waals surface area contributed by atoms with E-state index < -0.39 is 0 Å². The van der Waals surface area contributed by atoms with E-state index in [4.69, 9.17) is 14.2 Å².